The second-order valence-electron chi connectivity index (χ2n) is 12.9. The predicted octanol–water partition coefficient (Wildman–Crippen LogP) is 6.45. The largest absolute Gasteiger partial charge is 0.475 e. The lowest BCUT2D eigenvalue weighted by Gasteiger charge is -2.47. The van der Waals surface area contributed by atoms with E-state index in [1.807, 2.05) is 45.9 Å². The quantitative estimate of drug-likeness (QED) is 0.324. The second-order valence-corrected chi connectivity index (χ2v) is 14.6. The van der Waals surface area contributed by atoms with E-state index in [0.29, 0.717) is 18.5 Å². The lowest BCUT2D eigenvalue weighted by atomic mass is 9.84. The number of sulfonamides is 1. The minimum absolute atomic E-state index is 0.0276. The minimum atomic E-state index is -4.46. The summed E-state index contributed by atoms with van der Waals surface area (Å²) in [5.41, 5.74) is 0.993. The Morgan fingerprint density at radius 3 is 2.37 bits per heavy atom. The number of fused-ring (bicyclic) bond motifs is 4. The van der Waals surface area contributed by atoms with Gasteiger partial charge in [0.1, 0.15) is 6.61 Å². The molecular formula is C33H37F3N4O5S. The van der Waals surface area contributed by atoms with Crippen molar-refractivity contribution in [1.29, 1.82) is 0 Å². The number of hydrogen-bond acceptors (Lipinski definition) is 7. The van der Waals surface area contributed by atoms with Crippen LogP contribution in [-0.4, -0.2) is 66.3 Å². The highest BCUT2D eigenvalue weighted by atomic mass is 32.2. The van der Waals surface area contributed by atoms with Crippen LogP contribution in [0.1, 0.15) is 67.4 Å². The molecule has 3 aliphatic rings. The maximum Gasteiger partial charge on any atom is 0.394 e. The highest BCUT2D eigenvalue weighted by Gasteiger charge is 2.64. The first-order valence-corrected chi connectivity index (χ1v) is 16.9. The van der Waals surface area contributed by atoms with Crippen LogP contribution in [0.15, 0.2) is 53.4 Å². The van der Waals surface area contributed by atoms with Gasteiger partial charge < -0.3 is 14.4 Å². The molecule has 46 heavy (non-hydrogen) atoms. The molecular weight excluding hydrogens is 621 g/mol. The Morgan fingerprint density at radius 1 is 1.07 bits per heavy atom. The summed E-state index contributed by atoms with van der Waals surface area (Å²) in [5.74, 6) is -0.855. The number of aryl methyl sites for hydroxylation is 2. The van der Waals surface area contributed by atoms with Gasteiger partial charge in [-0.25, -0.2) is 18.1 Å². The number of rotatable bonds is 6. The monoisotopic (exact) mass is 658 g/mol. The van der Waals surface area contributed by atoms with Crippen molar-refractivity contribution in [3.63, 3.8) is 0 Å². The number of halogens is 3. The van der Waals surface area contributed by atoms with E-state index in [4.69, 9.17) is 9.47 Å². The molecule has 0 unspecified atom stereocenters. The predicted molar refractivity (Wildman–Crippen MR) is 165 cm³/mol. The molecule has 246 valence electrons. The van der Waals surface area contributed by atoms with Gasteiger partial charge in [-0.2, -0.15) is 18.2 Å². The van der Waals surface area contributed by atoms with E-state index in [0.717, 1.165) is 16.7 Å². The summed E-state index contributed by atoms with van der Waals surface area (Å²) in [6.07, 6.45) is -4.21. The van der Waals surface area contributed by atoms with Gasteiger partial charge in [-0.1, -0.05) is 24.3 Å². The van der Waals surface area contributed by atoms with Gasteiger partial charge in [-0.15, -0.1) is 0 Å². The number of aromatic nitrogens is 2. The molecule has 2 fully saturated rings. The molecule has 2 heterocycles. The zero-order chi connectivity index (χ0) is 33.0. The Bertz CT molecular complexity index is 1730. The van der Waals surface area contributed by atoms with E-state index in [2.05, 4.69) is 14.7 Å². The fraction of sp³-hybridized carbons (Fsp3) is 0.485. The SMILES string of the molecule is Cc1cccc(C)c1-c1cc2nc(n1)NS(=O)(=O)c1cccc(c1)C(=O)N(C1CC(OC(C)C)C1)[C@H](CC1(C(F)(F)F)CC1)CO2. The van der Waals surface area contributed by atoms with Crippen molar-refractivity contribution in [3.8, 4) is 17.1 Å². The molecule has 3 aromatic rings. The Hall–Kier alpha value is -3.71. The molecule has 13 heteroatoms. The molecule has 2 aliphatic carbocycles. The zero-order valence-electron chi connectivity index (χ0n) is 26.1. The van der Waals surface area contributed by atoms with Crippen LogP contribution in [0, 0.1) is 19.3 Å². The summed E-state index contributed by atoms with van der Waals surface area (Å²) in [6, 6.07) is 11.3. The maximum absolute atomic E-state index is 14.4. The Morgan fingerprint density at radius 2 is 1.74 bits per heavy atom. The van der Waals surface area contributed by atoms with Gasteiger partial charge in [-0.3, -0.25) is 4.79 Å². The van der Waals surface area contributed by atoms with Crippen LogP contribution in [0.4, 0.5) is 19.1 Å². The van der Waals surface area contributed by atoms with Crippen molar-refractivity contribution in [2.45, 2.75) is 95.2 Å². The van der Waals surface area contributed by atoms with Gasteiger partial charge in [0.15, 0.2) is 0 Å². The average molecular weight is 659 g/mol. The number of hydrogen-bond donors (Lipinski definition) is 1. The van der Waals surface area contributed by atoms with Crippen LogP contribution in [0.2, 0.25) is 0 Å². The topological polar surface area (TPSA) is 111 Å². The normalized spacial score (nSPS) is 23.7. The highest BCUT2D eigenvalue weighted by Crippen LogP contribution is 2.61. The van der Waals surface area contributed by atoms with Crippen LogP contribution in [0.25, 0.3) is 11.3 Å². The molecule has 0 saturated heterocycles. The Balaban J connectivity index is 1.48. The van der Waals surface area contributed by atoms with Crippen LogP contribution in [-0.2, 0) is 14.8 Å². The van der Waals surface area contributed by atoms with Gasteiger partial charge in [0, 0.05) is 23.2 Å². The molecule has 9 nitrogen and oxygen atoms in total. The summed E-state index contributed by atoms with van der Waals surface area (Å²) >= 11 is 0. The minimum Gasteiger partial charge on any atom is -0.475 e. The van der Waals surface area contributed by atoms with Crippen molar-refractivity contribution in [2.24, 2.45) is 5.41 Å². The van der Waals surface area contributed by atoms with Crippen molar-refractivity contribution in [1.82, 2.24) is 14.9 Å². The van der Waals surface area contributed by atoms with Gasteiger partial charge in [0.2, 0.25) is 11.8 Å². The molecule has 1 N–H and O–H groups in total. The number of ether oxygens (including phenoxy) is 2. The number of nitrogens with one attached hydrogen (secondary N) is 1. The molecule has 4 bridgehead atoms. The van der Waals surface area contributed by atoms with Crippen LogP contribution >= 0.6 is 0 Å². The summed E-state index contributed by atoms with van der Waals surface area (Å²) in [4.78, 5) is 24.3. The lowest BCUT2D eigenvalue weighted by molar-refractivity contribution is -0.194. The van der Waals surface area contributed by atoms with Gasteiger partial charge in [0.25, 0.3) is 15.9 Å². The highest BCUT2D eigenvalue weighted by molar-refractivity contribution is 7.92. The lowest BCUT2D eigenvalue weighted by Crippen LogP contribution is -2.57. The van der Waals surface area contributed by atoms with E-state index in [9.17, 15) is 26.4 Å². The van der Waals surface area contributed by atoms with Crippen LogP contribution < -0.4 is 9.46 Å². The Labute approximate surface area is 266 Å². The third-order valence-electron chi connectivity index (χ3n) is 9.12. The number of carbonyl (C=O) groups excluding carboxylic acids is 1. The third-order valence-corrected chi connectivity index (χ3v) is 10.4. The molecule has 0 radical (unpaired) electrons. The number of amides is 1. The fourth-order valence-electron chi connectivity index (χ4n) is 6.53. The summed E-state index contributed by atoms with van der Waals surface area (Å²) < 4.78 is 84.7. The molecule has 1 aromatic heterocycles. The van der Waals surface area contributed by atoms with E-state index >= 15 is 0 Å². The second kappa shape index (κ2) is 11.8. The summed E-state index contributed by atoms with van der Waals surface area (Å²) in [7, 11) is -4.27. The molecule has 1 atom stereocenters. The van der Waals surface area contributed by atoms with Crippen molar-refractivity contribution >= 4 is 21.9 Å². The first kappa shape index (κ1) is 32.2. The summed E-state index contributed by atoms with van der Waals surface area (Å²) in [6.45, 7) is 7.30. The molecule has 2 aromatic carbocycles. The van der Waals surface area contributed by atoms with Gasteiger partial charge >= 0.3 is 6.18 Å². The first-order valence-electron chi connectivity index (χ1n) is 15.4. The van der Waals surface area contributed by atoms with Gasteiger partial charge in [-0.05, 0) is 89.1 Å². The Kier molecular flexibility index (Phi) is 8.29. The number of anilines is 1. The number of carbonyl (C=O) groups is 1. The molecule has 1 amide bonds. The molecule has 6 rings (SSSR count). The van der Waals surface area contributed by atoms with Crippen molar-refractivity contribution in [3.05, 3.63) is 65.2 Å². The van der Waals surface area contributed by atoms with E-state index < -0.39 is 39.6 Å². The standard InChI is InChI=1S/C33H37F3N4O5S/c1-19(2)45-25-14-23(15-25)40-24(17-32(11-12-32)33(34,35)36)18-44-28-16-27(29-20(3)7-5-8-21(29)4)37-31(38-28)39-46(42,43)26-10-6-9-22(13-26)30(40)41/h5-10,13,16,19,23-25H,11-12,14-15,17-18H2,1-4H3,(H,37,38,39)/t23?,24-,25?/m1/s1. The first-order chi connectivity index (χ1) is 21.7. The van der Waals surface area contributed by atoms with Gasteiger partial charge in [0.05, 0.1) is 34.3 Å². The number of alkyl halides is 3. The van der Waals surface area contributed by atoms with Crippen LogP contribution in [0.3, 0.4) is 0 Å². The van der Waals surface area contributed by atoms with Crippen molar-refractivity contribution in [2.75, 3.05) is 11.3 Å². The van der Waals surface area contributed by atoms with E-state index in [-0.39, 0.29) is 60.4 Å². The third kappa shape index (κ3) is 6.31. The molecule has 0 spiro atoms. The molecule has 1 aliphatic heterocycles. The van der Waals surface area contributed by atoms with E-state index in [1.165, 1.54) is 29.2 Å². The van der Waals surface area contributed by atoms with E-state index in [1.54, 1.807) is 6.07 Å². The zero-order valence-corrected chi connectivity index (χ0v) is 26.9. The number of nitrogens with zero attached hydrogens (tertiary/aromatic N) is 3. The maximum atomic E-state index is 14.4. The fourth-order valence-corrected chi connectivity index (χ4v) is 7.52. The summed E-state index contributed by atoms with van der Waals surface area (Å²) in [5, 5.41) is 0. The van der Waals surface area contributed by atoms with Crippen molar-refractivity contribution < 1.29 is 35.9 Å². The average Bonchev–Trinajstić information content (AvgIpc) is 3.74. The van der Waals surface area contributed by atoms with Crippen LogP contribution in [0.5, 0.6) is 5.88 Å². The molecule has 2 saturated carbocycles. The number of benzene rings is 2. The smallest absolute Gasteiger partial charge is 0.394 e.